The molecule has 0 aliphatic carbocycles. The van der Waals surface area contributed by atoms with Crippen molar-refractivity contribution in [3.63, 3.8) is 0 Å². The largest absolute Gasteiger partial charge is 0.326 e. The van der Waals surface area contributed by atoms with Crippen LogP contribution in [0.25, 0.3) is 0 Å². The fraction of sp³-hybridized carbons (Fsp3) is 0.333. The van der Waals surface area contributed by atoms with Gasteiger partial charge in [0, 0.05) is 33.5 Å². The lowest BCUT2D eigenvalue weighted by Crippen LogP contribution is -2.15. The Hall–Kier alpha value is -0.660. The van der Waals surface area contributed by atoms with Crippen LogP contribution in [0.1, 0.15) is 11.8 Å². The molecule has 0 radical (unpaired) electrons. The van der Waals surface area contributed by atoms with Gasteiger partial charge >= 0.3 is 0 Å². The molecule has 0 aliphatic heterocycles. The highest BCUT2D eigenvalue weighted by Gasteiger charge is 2.10. The number of nitrogens with two attached hydrogens (primary N) is 1. The van der Waals surface area contributed by atoms with Crippen LogP contribution in [0.4, 0.5) is 0 Å². The highest BCUT2D eigenvalue weighted by atomic mass is 32.2. The van der Waals surface area contributed by atoms with Crippen LogP contribution in [0.5, 0.6) is 0 Å². The minimum absolute atomic E-state index is 0.503. The molecule has 21 heavy (non-hydrogen) atoms. The summed E-state index contributed by atoms with van der Waals surface area (Å²) in [5.41, 5.74) is 5.59. The van der Waals surface area contributed by atoms with Gasteiger partial charge < -0.3 is 11.1 Å². The van der Waals surface area contributed by atoms with Crippen molar-refractivity contribution in [3.05, 3.63) is 41.3 Å². The molecule has 1 aromatic carbocycles. The maximum absolute atomic E-state index is 12.4. The maximum atomic E-state index is 12.4. The number of thiophene rings is 1. The van der Waals surface area contributed by atoms with Gasteiger partial charge in [-0.2, -0.15) is 0 Å². The fourth-order valence-corrected chi connectivity index (χ4v) is 4.91. The third-order valence-electron chi connectivity index (χ3n) is 2.86. The molecule has 0 saturated carbocycles. The first-order valence-electron chi connectivity index (χ1n) is 6.88. The summed E-state index contributed by atoms with van der Waals surface area (Å²) in [4.78, 5) is 3.12. The fourth-order valence-electron chi connectivity index (χ4n) is 1.76. The minimum atomic E-state index is -1.10. The molecule has 1 aromatic heterocycles. The normalized spacial score (nSPS) is 12.5. The van der Waals surface area contributed by atoms with Gasteiger partial charge in [-0.1, -0.05) is 6.92 Å². The molecule has 2 aromatic rings. The van der Waals surface area contributed by atoms with Crippen LogP contribution in [-0.2, 0) is 17.3 Å². The number of thioether (sulfide) groups is 1. The van der Waals surface area contributed by atoms with Gasteiger partial charge in [0.05, 0.1) is 15.0 Å². The highest BCUT2D eigenvalue weighted by molar-refractivity contribution is 7.99. The van der Waals surface area contributed by atoms with E-state index in [4.69, 9.17) is 5.73 Å². The van der Waals surface area contributed by atoms with Crippen LogP contribution in [-0.4, -0.2) is 23.1 Å². The van der Waals surface area contributed by atoms with Crippen LogP contribution in [0.3, 0.4) is 0 Å². The standard InChI is InChI=1S/C15H20N2OS3/c1-2-17-9-10-19-12-3-6-14(7-4-12)21(18)15-8-5-13(11-16)20-15/h3-8,17H,2,9-11,16H2,1H3. The molecule has 1 unspecified atom stereocenters. The predicted molar refractivity (Wildman–Crippen MR) is 92.6 cm³/mol. The van der Waals surface area contributed by atoms with E-state index in [2.05, 4.69) is 12.2 Å². The van der Waals surface area contributed by atoms with E-state index < -0.39 is 10.8 Å². The van der Waals surface area contributed by atoms with Crippen LogP contribution >= 0.6 is 23.1 Å². The first-order valence-corrected chi connectivity index (χ1v) is 9.84. The van der Waals surface area contributed by atoms with Crippen LogP contribution in [0.15, 0.2) is 50.4 Å². The first kappa shape index (κ1) is 16.7. The molecule has 3 nitrogen and oxygen atoms in total. The molecule has 0 spiro atoms. The van der Waals surface area contributed by atoms with Crippen molar-refractivity contribution in [1.82, 2.24) is 5.32 Å². The topological polar surface area (TPSA) is 55.1 Å². The number of rotatable bonds is 8. The third kappa shape index (κ3) is 4.93. The van der Waals surface area contributed by atoms with Gasteiger partial charge in [0.15, 0.2) is 0 Å². The Bertz CT molecular complexity index is 581. The molecule has 0 amide bonds. The molecule has 0 saturated heterocycles. The van der Waals surface area contributed by atoms with Crippen molar-refractivity contribution in [1.29, 1.82) is 0 Å². The van der Waals surface area contributed by atoms with Gasteiger partial charge in [0.1, 0.15) is 0 Å². The average molecular weight is 341 g/mol. The predicted octanol–water partition coefficient (Wildman–Crippen LogP) is 3.08. The molecular weight excluding hydrogens is 320 g/mol. The van der Waals surface area contributed by atoms with Gasteiger partial charge in [-0.15, -0.1) is 23.1 Å². The number of hydrogen-bond acceptors (Lipinski definition) is 5. The Morgan fingerprint density at radius 3 is 2.62 bits per heavy atom. The maximum Gasteiger partial charge on any atom is 0.0963 e. The second kappa shape index (κ2) is 8.70. The summed E-state index contributed by atoms with van der Waals surface area (Å²) in [5, 5.41) is 3.30. The second-order valence-electron chi connectivity index (χ2n) is 4.37. The van der Waals surface area contributed by atoms with Crippen molar-refractivity contribution >= 4 is 33.9 Å². The molecule has 0 aliphatic rings. The summed E-state index contributed by atoms with van der Waals surface area (Å²) >= 11 is 3.33. The molecule has 0 fully saturated rings. The zero-order chi connectivity index (χ0) is 15.1. The van der Waals surface area contributed by atoms with Crippen molar-refractivity contribution in [2.75, 3.05) is 18.8 Å². The monoisotopic (exact) mass is 340 g/mol. The Morgan fingerprint density at radius 1 is 1.24 bits per heavy atom. The molecule has 1 heterocycles. The summed E-state index contributed by atoms with van der Waals surface area (Å²) in [7, 11) is -1.10. The van der Waals surface area contributed by atoms with Crippen molar-refractivity contribution in [2.45, 2.75) is 27.5 Å². The Balaban J connectivity index is 1.96. The lowest BCUT2D eigenvalue weighted by atomic mass is 10.4. The lowest BCUT2D eigenvalue weighted by molar-refractivity contribution is 0.684. The summed E-state index contributed by atoms with van der Waals surface area (Å²) in [5.74, 6) is 1.04. The van der Waals surface area contributed by atoms with E-state index in [-0.39, 0.29) is 0 Å². The second-order valence-corrected chi connectivity index (χ2v) is 8.41. The highest BCUT2D eigenvalue weighted by Crippen LogP contribution is 2.26. The summed E-state index contributed by atoms with van der Waals surface area (Å²) in [6.07, 6.45) is 0. The Kier molecular flexibility index (Phi) is 6.92. The summed E-state index contributed by atoms with van der Waals surface area (Å²) in [6.45, 7) is 4.62. The van der Waals surface area contributed by atoms with E-state index in [1.54, 1.807) is 0 Å². The van der Waals surface area contributed by atoms with Crippen LogP contribution < -0.4 is 11.1 Å². The van der Waals surface area contributed by atoms with Gasteiger partial charge in [0.2, 0.25) is 0 Å². The van der Waals surface area contributed by atoms with Gasteiger partial charge in [-0.25, -0.2) is 4.21 Å². The quantitative estimate of drug-likeness (QED) is 0.573. The molecular formula is C15H20N2OS3. The van der Waals surface area contributed by atoms with Gasteiger partial charge in [-0.3, -0.25) is 0 Å². The zero-order valence-electron chi connectivity index (χ0n) is 12.0. The molecule has 6 heteroatoms. The average Bonchev–Trinajstić information content (AvgIpc) is 3.00. The Morgan fingerprint density at radius 2 is 2.00 bits per heavy atom. The molecule has 3 N–H and O–H groups in total. The van der Waals surface area contributed by atoms with E-state index in [1.807, 2.05) is 48.2 Å². The number of hydrogen-bond donors (Lipinski definition) is 2. The number of nitrogens with one attached hydrogen (secondary N) is 1. The van der Waals surface area contributed by atoms with Crippen LogP contribution in [0.2, 0.25) is 0 Å². The SMILES string of the molecule is CCNCCSc1ccc(S(=O)c2ccc(CN)s2)cc1. The van der Waals surface area contributed by atoms with Gasteiger partial charge in [-0.05, 0) is 42.9 Å². The molecule has 114 valence electrons. The Labute approximate surface area is 136 Å². The van der Waals surface area contributed by atoms with Gasteiger partial charge in [0.25, 0.3) is 0 Å². The summed E-state index contributed by atoms with van der Waals surface area (Å²) in [6, 6.07) is 11.8. The summed E-state index contributed by atoms with van der Waals surface area (Å²) < 4.78 is 13.3. The molecule has 1 atom stereocenters. The van der Waals surface area contributed by atoms with Crippen molar-refractivity contribution in [2.24, 2.45) is 5.73 Å². The van der Waals surface area contributed by atoms with E-state index >= 15 is 0 Å². The smallest absolute Gasteiger partial charge is 0.0963 e. The minimum Gasteiger partial charge on any atom is -0.326 e. The molecule has 0 bridgehead atoms. The first-order chi connectivity index (χ1) is 10.2. The molecule has 2 rings (SSSR count). The lowest BCUT2D eigenvalue weighted by Gasteiger charge is -2.04. The zero-order valence-corrected chi connectivity index (χ0v) is 14.5. The van der Waals surface area contributed by atoms with Crippen molar-refractivity contribution in [3.8, 4) is 0 Å². The van der Waals surface area contributed by atoms with Crippen LogP contribution in [0, 0.1) is 0 Å². The third-order valence-corrected chi connectivity index (χ3v) is 6.68. The van der Waals surface area contributed by atoms with E-state index in [1.165, 1.54) is 16.2 Å². The van der Waals surface area contributed by atoms with Crippen molar-refractivity contribution < 1.29 is 4.21 Å². The number of benzene rings is 1. The van der Waals surface area contributed by atoms with E-state index in [0.29, 0.717) is 6.54 Å². The van der Waals surface area contributed by atoms with E-state index in [9.17, 15) is 4.21 Å². The van der Waals surface area contributed by atoms with E-state index in [0.717, 1.165) is 32.8 Å².